The van der Waals surface area contributed by atoms with Crippen molar-refractivity contribution in [2.75, 3.05) is 5.73 Å². The fraction of sp³-hybridized carbons (Fsp3) is 0. The van der Waals surface area contributed by atoms with Gasteiger partial charge in [0.15, 0.2) is 0 Å². The molecule has 1 aromatic carbocycles. The minimum atomic E-state index is -1.40. The monoisotopic (exact) mass is 233 g/mol. The molecule has 0 unspecified atom stereocenters. The first-order chi connectivity index (χ1) is 8.09. The Bertz CT molecular complexity index is 549. The zero-order valence-corrected chi connectivity index (χ0v) is 8.59. The number of nitrogen functional groups attached to an aromatic ring is 1. The van der Waals surface area contributed by atoms with E-state index >= 15 is 0 Å². The third kappa shape index (κ3) is 2.05. The van der Waals surface area contributed by atoms with Crippen LogP contribution in [0.4, 0.5) is 10.1 Å². The van der Waals surface area contributed by atoms with Crippen molar-refractivity contribution in [2.45, 2.75) is 0 Å². The molecule has 17 heavy (non-hydrogen) atoms. The van der Waals surface area contributed by atoms with Gasteiger partial charge in [0.1, 0.15) is 11.4 Å². The van der Waals surface area contributed by atoms with Crippen molar-refractivity contribution >= 4 is 11.7 Å². The molecule has 86 valence electrons. The summed E-state index contributed by atoms with van der Waals surface area (Å²) in [5.41, 5.74) is 5.63. The summed E-state index contributed by atoms with van der Waals surface area (Å²) >= 11 is 0. The zero-order valence-electron chi connectivity index (χ0n) is 8.59. The van der Waals surface area contributed by atoms with Crippen LogP contribution in [-0.4, -0.2) is 21.0 Å². The molecule has 2 rings (SSSR count). The van der Waals surface area contributed by atoms with Crippen molar-refractivity contribution in [1.29, 1.82) is 0 Å². The van der Waals surface area contributed by atoms with E-state index < -0.39 is 17.3 Å². The normalized spacial score (nSPS) is 10.2. The standard InChI is InChI=1S/C11H8FN3O2/c12-7-3-6(9-5-14-1-2-15-9)4-8(13)10(7)11(16)17/h1-5H,13H2,(H,16,17). The number of aromatic nitrogens is 2. The molecule has 2 aromatic rings. The maximum Gasteiger partial charge on any atom is 0.340 e. The number of carboxylic acid groups (broad SMARTS) is 1. The van der Waals surface area contributed by atoms with Gasteiger partial charge in [-0.25, -0.2) is 9.18 Å². The van der Waals surface area contributed by atoms with Crippen LogP contribution in [0.5, 0.6) is 0 Å². The lowest BCUT2D eigenvalue weighted by Crippen LogP contribution is -2.06. The molecule has 1 aromatic heterocycles. The molecule has 3 N–H and O–H groups in total. The van der Waals surface area contributed by atoms with Gasteiger partial charge in [-0.15, -0.1) is 0 Å². The van der Waals surface area contributed by atoms with E-state index in [9.17, 15) is 9.18 Å². The number of hydrogen-bond acceptors (Lipinski definition) is 4. The predicted octanol–water partition coefficient (Wildman–Crippen LogP) is 1.56. The van der Waals surface area contributed by atoms with Crippen LogP contribution in [-0.2, 0) is 0 Å². The molecule has 0 saturated heterocycles. The van der Waals surface area contributed by atoms with Gasteiger partial charge in [0.25, 0.3) is 0 Å². The molecule has 0 radical (unpaired) electrons. The number of nitrogens with zero attached hydrogens (tertiary/aromatic N) is 2. The molecule has 0 aliphatic heterocycles. The highest BCUT2D eigenvalue weighted by Crippen LogP contribution is 2.24. The molecule has 0 amide bonds. The molecule has 0 fully saturated rings. The summed E-state index contributed by atoms with van der Waals surface area (Å²) in [6, 6.07) is 2.43. The van der Waals surface area contributed by atoms with Gasteiger partial charge >= 0.3 is 5.97 Å². The van der Waals surface area contributed by atoms with Crippen LogP contribution in [0, 0.1) is 5.82 Å². The van der Waals surface area contributed by atoms with Crippen LogP contribution in [0.15, 0.2) is 30.7 Å². The summed E-state index contributed by atoms with van der Waals surface area (Å²) < 4.78 is 13.5. The Morgan fingerprint density at radius 1 is 1.35 bits per heavy atom. The summed E-state index contributed by atoms with van der Waals surface area (Å²) in [7, 11) is 0. The SMILES string of the molecule is Nc1cc(-c2cnccn2)cc(F)c1C(=O)O. The third-order valence-electron chi connectivity index (χ3n) is 2.19. The fourth-order valence-electron chi connectivity index (χ4n) is 1.45. The summed E-state index contributed by atoms with van der Waals surface area (Å²) in [6.07, 6.45) is 4.37. The first kappa shape index (κ1) is 11.0. The number of carboxylic acids is 1. The third-order valence-corrected chi connectivity index (χ3v) is 2.19. The summed E-state index contributed by atoms with van der Waals surface area (Å²) in [6.45, 7) is 0. The van der Waals surface area contributed by atoms with Crippen molar-refractivity contribution in [1.82, 2.24) is 9.97 Å². The molecule has 5 nitrogen and oxygen atoms in total. The highest BCUT2D eigenvalue weighted by atomic mass is 19.1. The highest BCUT2D eigenvalue weighted by molar-refractivity contribution is 5.95. The molecular weight excluding hydrogens is 225 g/mol. The second-order valence-corrected chi connectivity index (χ2v) is 3.32. The lowest BCUT2D eigenvalue weighted by molar-refractivity contribution is 0.0693. The number of aromatic carboxylic acids is 1. The van der Waals surface area contributed by atoms with Gasteiger partial charge in [-0.3, -0.25) is 9.97 Å². The van der Waals surface area contributed by atoms with Crippen LogP contribution in [0.25, 0.3) is 11.3 Å². The molecule has 0 saturated carbocycles. The van der Waals surface area contributed by atoms with E-state index in [0.717, 1.165) is 6.07 Å². The molecule has 0 bridgehead atoms. The lowest BCUT2D eigenvalue weighted by Gasteiger charge is -2.06. The van der Waals surface area contributed by atoms with E-state index in [4.69, 9.17) is 10.8 Å². The first-order valence-corrected chi connectivity index (χ1v) is 4.68. The maximum atomic E-state index is 13.5. The Balaban J connectivity index is 2.57. The summed E-state index contributed by atoms with van der Waals surface area (Å²) in [4.78, 5) is 18.6. The van der Waals surface area contributed by atoms with Crippen LogP contribution in [0.3, 0.4) is 0 Å². The van der Waals surface area contributed by atoms with Gasteiger partial charge in [-0.1, -0.05) is 0 Å². The number of hydrogen-bond donors (Lipinski definition) is 2. The molecule has 6 heteroatoms. The number of anilines is 1. The van der Waals surface area contributed by atoms with Crippen molar-refractivity contribution in [3.63, 3.8) is 0 Å². The Hall–Kier alpha value is -2.50. The van der Waals surface area contributed by atoms with Crippen LogP contribution in [0.2, 0.25) is 0 Å². The quantitative estimate of drug-likeness (QED) is 0.768. The number of rotatable bonds is 2. The second kappa shape index (κ2) is 4.17. The van der Waals surface area contributed by atoms with E-state index in [1.807, 2.05) is 0 Å². The maximum absolute atomic E-state index is 13.5. The molecule has 0 aliphatic rings. The van der Waals surface area contributed by atoms with Crippen molar-refractivity contribution in [3.8, 4) is 11.3 Å². The largest absolute Gasteiger partial charge is 0.478 e. The second-order valence-electron chi connectivity index (χ2n) is 3.32. The number of benzene rings is 1. The highest BCUT2D eigenvalue weighted by Gasteiger charge is 2.16. The Kier molecular flexibility index (Phi) is 2.70. The van der Waals surface area contributed by atoms with E-state index in [1.165, 1.54) is 24.7 Å². The average Bonchev–Trinajstić information content (AvgIpc) is 2.28. The number of nitrogens with two attached hydrogens (primary N) is 1. The molecule has 1 heterocycles. The lowest BCUT2D eigenvalue weighted by atomic mass is 10.1. The minimum Gasteiger partial charge on any atom is -0.478 e. The molecule has 0 atom stereocenters. The van der Waals surface area contributed by atoms with E-state index in [0.29, 0.717) is 11.3 Å². The van der Waals surface area contributed by atoms with Crippen LogP contribution in [0.1, 0.15) is 10.4 Å². The minimum absolute atomic E-state index is 0.141. The summed E-state index contributed by atoms with van der Waals surface area (Å²) in [5, 5.41) is 8.76. The van der Waals surface area contributed by atoms with Crippen molar-refractivity contribution in [2.24, 2.45) is 0 Å². The van der Waals surface area contributed by atoms with Crippen LogP contribution >= 0.6 is 0 Å². The average molecular weight is 233 g/mol. The smallest absolute Gasteiger partial charge is 0.340 e. The Morgan fingerprint density at radius 2 is 2.12 bits per heavy atom. The van der Waals surface area contributed by atoms with E-state index in [2.05, 4.69) is 9.97 Å². The van der Waals surface area contributed by atoms with Gasteiger partial charge in [0, 0.05) is 23.6 Å². The van der Waals surface area contributed by atoms with Crippen molar-refractivity contribution in [3.05, 3.63) is 42.1 Å². The Morgan fingerprint density at radius 3 is 2.65 bits per heavy atom. The topological polar surface area (TPSA) is 89.1 Å². The van der Waals surface area contributed by atoms with E-state index in [-0.39, 0.29) is 5.69 Å². The van der Waals surface area contributed by atoms with Crippen LogP contribution < -0.4 is 5.73 Å². The van der Waals surface area contributed by atoms with Gasteiger partial charge in [0.2, 0.25) is 0 Å². The van der Waals surface area contributed by atoms with Gasteiger partial charge in [0.05, 0.1) is 11.9 Å². The summed E-state index contributed by atoms with van der Waals surface area (Å²) in [5.74, 6) is -2.29. The number of halogens is 1. The Labute approximate surface area is 95.8 Å². The van der Waals surface area contributed by atoms with Crippen molar-refractivity contribution < 1.29 is 14.3 Å². The fourth-order valence-corrected chi connectivity index (χ4v) is 1.45. The number of carbonyl (C=O) groups is 1. The molecule has 0 aliphatic carbocycles. The molecule has 0 spiro atoms. The van der Waals surface area contributed by atoms with Gasteiger partial charge in [-0.2, -0.15) is 0 Å². The van der Waals surface area contributed by atoms with E-state index in [1.54, 1.807) is 0 Å². The zero-order chi connectivity index (χ0) is 12.4. The predicted molar refractivity (Wildman–Crippen MR) is 58.8 cm³/mol. The first-order valence-electron chi connectivity index (χ1n) is 4.68. The molecular formula is C11H8FN3O2. The van der Waals surface area contributed by atoms with Gasteiger partial charge < -0.3 is 10.8 Å². The van der Waals surface area contributed by atoms with Gasteiger partial charge in [-0.05, 0) is 12.1 Å².